The van der Waals surface area contributed by atoms with Crippen LogP contribution >= 0.6 is 0 Å². The van der Waals surface area contributed by atoms with E-state index in [0.717, 1.165) is 0 Å². The summed E-state index contributed by atoms with van der Waals surface area (Å²) in [5, 5.41) is 53.4. The molecule has 0 saturated carbocycles. The van der Waals surface area contributed by atoms with Gasteiger partial charge in [0.25, 0.3) is 0 Å². The third-order valence-corrected chi connectivity index (χ3v) is 10.7. The van der Waals surface area contributed by atoms with Gasteiger partial charge in [-0.2, -0.15) is 0 Å². The van der Waals surface area contributed by atoms with E-state index >= 15 is 0 Å². The van der Waals surface area contributed by atoms with Crippen LogP contribution in [0, 0.1) is 0 Å². The molecule has 11 N–H and O–H groups in total. The second kappa shape index (κ2) is 27.5. The molecule has 23 nitrogen and oxygen atoms in total. The van der Waals surface area contributed by atoms with Crippen LogP contribution in [0.4, 0.5) is 19.2 Å². The number of alkyl carbamates (subject to hydrolysis) is 4. The monoisotopic (exact) mass is 1060 g/mol. The van der Waals surface area contributed by atoms with Crippen molar-refractivity contribution >= 4 is 48.0 Å². The third kappa shape index (κ3) is 23.8. The Balaban J connectivity index is 1.96. The summed E-state index contributed by atoms with van der Waals surface area (Å²) in [6, 6.07) is 2.95. The van der Waals surface area contributed by atoms with Gasteiger partial charge in [-0.05, 0) is 162 Å². The van der Waals surface area contributed by atoms with Crippen LogP contribution in [0.25, 0.3) is 11.1 Å². The maximum atomic E-state index is 14.4. The number of phenols is 2. The normalized spacial score (nSPS) is 17.2. The number of aromatic hydroxyl groups is 2. The Hall–Kier alpha value is -7.04. The maximum Gasteiger partial charge on any atom is 0.408 e. The Kier molecular flexibility index (Phi) is 22.8. The second-order valence-electron chi connectivity index (χ2n) is 22.2. The quantitative estimate of drug-likeness (QED) is 0.0781. The van der Waals surface area contributed by atoms with E-state index in [-0.39, 0.29) is 87.2 Å². The van der Waals surface area contributed by atoms with Gasteiger partial charge in [0.1, 0.15) is 58.1 Å². The predicted octanol–water partition coefficient (Wildman–Crippen LogP) is 4.21. The first-order chi connectivity index (χ1) is 34.7. The molecule has 1 aliphatic heterocycles. The number of fused-ring (bicyclic) bond motifs is 5. The van der Waals surface area contributed by atoms with Gasteiger partial charge in [-0.25, -0.2) is 19.2 Å². The van der Waals surface area contributed by atoms with E-state index in [9.17, 15) is 53.7 Å². The highest BCUT2D eigenvalue weighted by Gasteiger charge is 2.33. The Labute approximate surface area is 439 Å². The molecule has 0 unspecified atom stereocenters. The van der Waals surface area contributed by atoms with Crippen molar-refractivity contribution < 1.29 is 72.6 Å². The summed E-state index contributed by atoms with van der Waals surface area (Å²) in [4.78, 5) is 107. The number of amides is 8. The molecule has 0 saturated heterocycles. The first kappa shape index (κ1) is 62.3. The van der Waals surface area contributed by atoms with Crippen molar-refractivity contribution in [3.63, 3.8) is 0 Å². The fraction of sp³-hybridized carbons (Fsp3) is 0.615. The molecule has 0 aromatic heterocycles. The van der Waals surface area contributed by atoms with Gasteiger partial charge in [0.15, 0.2) is 0 Å². The van der Waals surface area contributed by atoms with Crippen LogP contribution < -0.4 is 42.5 Å². The molecule has 1 heterocycles. The zero-order valence-electron chi connectivity index (χ0n) is 45.4. The summed E-state index contributed by atoms with van der Waals surface area (Å²) in [6.45, 7) is 19.4. The van der Waals surface area contributed by atoms with Gasteiger partial charge >= 0.3 is 24.4 Å². The number of benzene rings is 2. The van der Waals surface area contributed by atoms with E-state index in [1.54, 1.807) is 107 Å². The number of phenolic OH excluding ortho intramolecular Hbond substituents is 2. The van der Waals surface area contributed by atoms with Crippen LogP contribution in [0.5, 0.6) is 11.5 Å². The van der Waals surface area contributed by atoms with Crippen LogP contribution in [-0.2, 0) is 51.0 Å². The van der Waals surface area contributed by atoms with Gasteiger partial charge in [-0.3, -0.25) is 19.2 Å². The van der Waals surface area contributed by atoms with E-state index < -0.39 is 107 Å². The molecule has 0 fully saturated rings. The lowest BCUT2D eigenvalue weighted by Gasteiger charge is -2.27. The summed E-state index contributed by atoms with van der Waals surface area (Å²) in [5.74, 6) is -3.52. The zero-order valence-corrected chi connectivity index (χ0v) is 45.4. The summed E-state index contributed by atoms with van der Waals surface area (Å²) in [7, 11) is 0. The van der Waals surface area contributed by atoms with E-state index in [0.29, 0.717) is 11.1 Å². The minimum absolute atomic E-state index is 0.00710. The van der Waals surface area contributed by atoms with Crippen LogP contribution in [0.3, 0.4) is 0 Å². The van der Waals surface area contributed by atoms with Crippen molar-refractivity contribution in [1.29, 1.82) is 0 Å². The molecule has 1 aliphatic rings. The van der Waals surface area contributed by atoms with E-state index in [4.69, 9.17) is 18.9 Å². The number of ether oxygens (including phenoxy) is 4. The average Bonchev–Trinajstić information content (AvgIpc) is 3.26. The molecule has 0 aliphatic carbocycles. The second-order valence-corrected chi connectivity index (χ2v) is 22.2. The predicted molar refractivity (Wildman–Crippen MR) is 276 cm³/mol. The molecule has 8 amide bonds. The zero-order chi connectivity index (χ0) is 56.5. The minimum Gasteiger partial charge on any atom is -0.508 e. The Morgan fingerprint density at radius 1 is 0.600 bits per heavy atom. The van der Waals surface area contributed by atoms with Crippen molar-refractivity contribution in [1.82, 2.24) is 42.5 Å². The van der Waals surface area contributed by atoms with Gasteiger partial charge in [0.05, 0.1) is 12.6 Å². The smallest absolute Gasteiger partial charge is 0.408 e. The van der Waals surface area contributed by atoms with Crippen molar-refractivity contribution in [3.05, 3.63) is 47.5 Å². The van der Waals surface area contributed by atoms with E-state index in [2.05, 4.69) is 42.5 Å². The van der Waals surface area contributed by atoms with Crippen molar-refractivity contribution in [2.24, 2.45) is 0 Å². The Morgan fingerprint density at radius 3 is 1.63 bits per heavy atom. The molecule has 5 atom stereocenters. The number of hydrogen-bond donors (Lipinski definition) is 11. The molecular weight excluding hydrogens is 977 g/mol. The number of rotatable bonds is 17. The van der Waals surface area contributed by atoms with Gasteiger partial charge < -0.3 is 76.8 Å². The van der Waals surface area contributed by atoms with Gasteiger partial charge in [0.2, 0.25) is 23.6 Å². The standard InChI is InChI=1S/C52H80N8O15/c1-49(2,3)72-45(68)54-23-14-15-35-43(66)58-37(27-32-25-30(17-19-39(32)62)31-18-20-40(63)33(26-31)28-38(44(67)57-35)60-48(71)75-52(10,11)12)41(64)53-22-13-16-36(59-47(70)74-51(7,8)9)42(65)56-34(29-61)21-24-55-46(69)73-50(4,5)6/h17-20,25-26,34-38,61-63H,13-16,21-24,27-29H2,1-12H3,(H,53,64)(H,54,68)(H,55,69)(H,56,65)(H,57,67)(H,58,66)(H,59,70)(H,60,71)/t34-,35-,36-,37-,38-/m0/s1. The summed E-state index contributed by atoms with van der Waals surface area (Å²) in [6.07, 6.45) is -3.67. The number of carbonyl (C=O) groups is 8. The third-order valence-electron chi connectivity index (χ3n) is 10.7. The number of aliphatic hydroxyl groups excluding tert-OH is 1. The van der Waals surface area contributed by atoms with Crippen LogP contribution in [-0.4, -0.2) is 142 Å². The highest BCUT2D eigenvalue weighted by Crippen LogP contribution is 2.31. The topological polar surface area (TPSA) is 330 Å². The fourth-order valence-electron chi connectivity index (χ4n) is 7.32. The highest BCUT2D eigenvalue weighted by atomic mass is 16.6. The van der Waals surface area contributed by atoms with Crippen molar-refractivity contribution in [2.75, 3.05) is 26.2 Å². The number of nitrogens with one attached hydrogen (secondary N) is 8. The van der Waals surface area contributed by atoms with Crippen LogP contribution in [0.1, 0.15) is 126 Å². The maximum absolute atomic E-state index is 14.4. The highest BCUT2D eigenvalue weighted by molar-refractivity contribution is 5.94. The molecule has 418 valence electrons. The fourth-order valence-corrected chi connectivity index (χ4v) is 7.32. The average molecular weight is 1060 g/mol. The summed E-state index contributed by atoms with van der Waals surface area (Å²) < 4.78 is 21.4. The molecule has 75 heavy (non-hydrogen) atoms. The molecule has 2 aromatic rings. The van der Waals surface area contributed by atoms with Crippen LogP contribution in [0.15, 0.2) is 36.4 Å². The molecule has 4 bridgehead atoms. The largest absolute Gasteiger partial charge is 0.508 e. The lowest BCUT2D eigenvalue weighted by atomic mass is 9.95. The van der Waals surface area contributed by atoms with E-state index in [1.165, 1.54) is 12.1 Å². The lowest BCUT2D eigenvalue weighted by molar-refractivity contribution is -0.132. The van der Waals surface area contributed by atoms with Gasteiger partial charge in [0, 0.05) is 32.5 Å². The first-order valence-corrected chi connectivity index (χ1v) is 25.1. The lowest BCUT2D eigenvalue weighted by Crippen LogP contribution is -2.57. The molecular formula is C52H80N8O15. The van der Waals surface area contributed by atoms with Gasteiger partial charge in [-0.15, -0.1) is 0 Å². The van der Waals surface area contributed by atoms with Crippen LogP contribution in [0.2, 0.25) is 0 Å². The van der Waals surface area contributed by atoms with E-state index in [1.807, 2.05) is 0 Å². The van der Waals surface area contributed by atoms with Crippen molar-refractivity contribution in [2.45, 2.75) is 181 Å². The SMILES string of the molecule is CC(C)(C)OC(=O)NCCC[C@@H]1NC(=O)[C@@H](NC(=O)OC(C)(C)C)Cc2cc(ccc2O)-c2ccc(O)c(c2)C[C@@H](C(=O)NCCC[C@H](NC(=O)OC(C)(C)C)C(=O)N[C@H](CO)CCNC(=O)OC(C)(C)C)NC1=O. The molecule has 0 radical (unpaired) electrons. The summed E-state index contributed by atoms with van der Waals surface area (Å²) >= 11 is 0. The Morgan fingerprint density at radius 2 is 1.09 bits per heavy atom. The Bertz CT molecular complexity index is 2320. The molecule has 3 rings (SSSR count). The molecule has 23 heteroatoms. The molecule has 0 spiro atoms. The number of aliphatic hydroxyl groups is 1. The summed E-state index contributed by atoms with van der Waals surface area (Å²) in [5.41, 5.74) is -1.86. The minimum atomic E-state index is -1.41. The number of carbonyl (C=O) groups excluding carboxylic acids is 8. The molecule has 2 aromatic carbocycles. The van der Waals surface area contributed by atoms with Gasteiger partial charge in [-0.1, -0.05) is 12.1 Å². The number of hydrogen-bond acceptors (Lipinski definition) is 15. The van der Waals surface area contributed by atoms with Crippen molar-refractivity contribution in [3.8, 4) is 22.6 Å². The first-order valence-electron chi connectivity index (χ1n) is 25.1.